The van der Waals surface area contributed by atoms with Crippen molar-refractivity contribution in [3.8, 4) is 0 Å². The molecule has 1 heterocycles. The highest BCUT2D eigenvalue weighted by Crippen LogP contribution is 2.26. The van der Waals surface area contributed by atoms with E-state index in [0.29, 0.717) is 24.5 Å². The maximum Gasteiger partial charge on any atom is 0.0736 e. The summed E-state index contributed by atoms with van der Waals surface area (Å²) >= 11 is 0. The van der Waals surface area contributed by atoms with E-state index in [1.54, 1.807) is 12.1 Å². The maximum absolute atomic E-state index is 11.2. The van der Waals surface area contributed by atoms with E-state index in [1.807, 2.05) is 18.7 Å². The molecule has 5 heteroatoms. The fraction of sp³-hybridized carbons (Fsp3) is 0.462. The molecule has 1 aromatic rings. The summed E-state index contributed by atoms with van der Waals surface area (Å²) in [5.41, 5.74) is 6.82. The van der Waals surface area contributed by atoms with Crippen LogP contribution in [0.2, 0.25) is 0 Å². The van der Waals surface area contributed by atoms with E-state index in [9.17, 15) is 9.90 Å². The normalized spacial score (nSPS) is 24.0. The van der Waals surface area contributed by atoms with Crippen LogP contribution in [0.15, 0.2) is 18.2 Å². The second-order valence-electron chi connectivity index (χ2n) is 4.73. The first-order chi connectivity index (χ1) is 8.47. The Labute approximate surface area is 106 Å². The monoisotopic (exact) mass is 249 g/mol. The lowest BCUT2D eigenvalue weighted by atomic mass is 10.1. The van der Waals surface area contributed by atoms with Gasteiger partial charge in [0.1, 0.15) is 0 Å². The third-order valence-corrected chi connectivity index (χ3v) is 3.00. The molecule has 0 aromatic heterocycles. The van der Waals surface area contributed by atoms with Crippen LogP contribution < -0.4 is 15.7 Å². The Balaban J connectivity index is 2.35. The summed E-state index contributed by atoms with van der Waals surface area (Å²) in [6.07, 6.45) is 0.141. The quantitative estimate of drug-likeness (QED) is 0.760. The molecule has 0 radical (unpaired) electrons. The Morgan fingerprint density at radius 1 is 1.39 bits per heavy atom. The van der Waals surface area contributed by atoms with Gasteiger partial charge in [0.15, 0.2) is 0 Å². The first-order valence-corrected chi connectivity index (χ1v) is 5.98. The van der Waals surface area contributed by atoms with Crippen molar-refractivity contribution in [2.45, 2.75) is 26.1 Å². The number of ether oxygens (including phenoxy) is 1. The van der Waals surface area contributed by atoms with E-state index in [4.69, 9.17) is 10.5 Å². The van der Waals surface area contributed by atoms with Crippen LogP contribution >= 0.6 is 0 Å². The molecule has 5 nitrogen and oxygen atoms in total. The van der Waals surface area contributed by atoms with Gasteiger partial charge in [-0.2, -0.15) is 0 Å². The zero-order valence-corrected chi connectivity index (χ0v) is 10.6. The van der Waals surface area contributed by atoms with Crippen molar-refractivity contribution < 1.29 is 14.6 Å². The SMILES string of the molecule is C[C@@H]1CN(c2ccc(N)cc2C(=O)[O-])C[C@@H](C)O1. The second kappa shape index (κ2) is 4.86. The number of carbonyl (C=O) groups is 1. The minimum absolute atomic E-state index is 0.0703. The van der Waals surface area contributed by atoms with Crippen LogP contribution in [0.3, 0.4) is 0 Å². The Morgan fingerprint density at radius 3 is 2.56 bits per heavy atom. The van der Waals surface area contributed by atoms with Crippen LogP contribution in [0.5, 0.6) is 0 Å². The van der Waals surface area contributed by atoms with Gasteiger partial charge in [-0.3, -0.25) is 0 Å². The first-order valence-electron chi connectivity index (χ1n) is 5.98. The summed E-state index contributed by atoms with van der Waals surface area (Å²) < 4.78 is 5.63. The largest absolute Gasteiger partial charge is 0.545 e. The van der Waals surface area contributed by atoms with E-state index in [2.05, 4.69) is 0 Å². The lowest BCUT2D eigenvalue weighted by molar-refractivity contribution is -0.254. The molecule has 0 saturated carbocycles. The van der Waals surface area contributed by atoms with Gasteiger partial charge >= 0.3 is 0 Å². The molecule has 0 aliphatic carbocycles. The van der Waals surface area contributed by atoms with Gasteiger partial charge in [-0.15, -0.1) is 0 Å². The molecule has 0 spiro atoms. The molecular weight excluding hydrogens is 232 g/mol. The average molecular weight is 249 g/mol. The Kier molecular flexibility index (Phi) is 3.43. The molecule has 1 aliphatic heterocycles. The minimum atomic E-state index is -1.20. The predicted octanol–water partition coefficient (Wildman–Crippen LogP) is 0.246. The maximum atomic E-state index is 11.2. The zero-order chi connectivity index (χ0) is 13.3. The number of carboxylic acid groups (broad SMARTS) is 1. The van der Waals surface area contributed by atoms with Crippen LogP contribution in [-0.4, -0.2) is 31.3 Å². The highest BCUT2D eigenvalue weighted by Gasteiger charge is 2.24. The van der Waals surface area contributed by atoms with E-state index in [0.717, 1.165) is 0 Å². The number of carboxylic acids is 1. The number of nitrogens with zero attached hydrogens (tertiary/aromatic N) is 1. The van der Waals surface area contributed by atoms with Gasteiger partial charge in [0.2, 0.25) is 0 Å². The van der Waals surface area contributed by atoms with Crippen LogP contribution in [0.1, 0.15) is 24.2 Å². The Morgan fingerprint density at radius 2 is 2.00 bits per heavy atom. The number of hydrogen-bond donors (Lipinski definition) is 1. The number of nitrogens with two attached hydrogens (primary N) is 1. The molecule has 1 saturated heterocycles. The number of rotatable bonds is 2. The molecule has 0 unspecified atom stereocenters. The summed E-state index contributed by atoms with van der Waals surface area (Å²) in [5.74, 6) is -1.20. The summed E-state index contributed by atoms with van der Waals surface area (Å²) in [6, 6.07) is 4.87. The summed E-state index contributed by atoms with van der Waals surface area (Å²) in [5, 5.41) is 11.2. The van der Waals surface area contributed by atoms with E-state index in [-0.39, 0.29) is 17.8 Å². The lowest BCUT2D eigenvalue weighted by Crippen LogP contribution is -2.46. The number of hydrogen-bond acceptors (Lipinski definition) is 5. The van der Waals surface area contributed by atoms with Crippen LogP contribution in [0.25, 0.3) is 0 Å². The highest BCUT2D eigenvalue weighted by atomic mass is 16.5. The third-order valence-electron chi connectivity index (χ3n) is 3.00. The van der Waals surface area contributed by atoms with Gasteiger partial charge in [-0.25, -0.2) is 0 Å². The van der Waals surface area contributed by atoms with Gasteiger partial charge in [0.05, 0.1) is 18.2 Å². The minimum Gasteiger partial charge on any atom is -0.545 e. The van der Waals surface area contributed by atoms with Crippen molar-refractivity contribution in [1.29, 1.82) is 0 Å². The number of benzene rings is 1. The molecule has 1 fully saturated rings. The molecule has 1 aliphatic rings. The summed E-state index contributed by atoms with van der Waals surface area (Å²) in [4.78, 5) is 13.2. The fourth-order valence-corrected chi connectivity index (χ4v) is 2.37. The molecule has 0 bridgehead atoms. The Hall–Kier alpha value is -1.75. The summed E-state index contributed by atoms with van der Waals surface area (Å²) in [7, 11) is 0. The van der Waals surface area contributed by atoms with Crippen LogP contribution in [0, 0.1) is 0 Å². The van der Waals surface area contributed by atoms with Gasteiger partial charge in [-0.1, -0.05) is 0 Å². The zero-order valence-electron chi connectivity index (χ0n) is 10.6. The third kappa shape index (κ3) is 2.56. The highest BCUT2D eigenvalue weighted by molar-refractivity contribution is 5.94. The van der Waals surface area contributed by atoms with E-state index >= 15 is 0 Å². The molecule has 2 N–H and O–H groups in total. The van der Waals surface area contributed by atoms with Crippen LogP contribution in [-0.2, 0) is 4.74 Å². The topological polar surface area (TPSA) is 78.6 Å². The smallest absolute Gasteiger partial charge is 0.0736 e. The molecule has 2 rings (SSSR count). The van der Waals surface area contributed by atoms with Crippen LogP contribution in [0.4, 0.5) is 11.4 Å². The van der Waals surface area contributed by atoms with E-state index < -0.39 is 5.97 Å². The van der Waals surface area contributed by atoms with Gasteiger partial charge in [0, 0.05) is 30.0 Å². The number of aromatic carboxylic acids is 1. The standard InChI is InChI=1S/C13H18N2O3/c1-8-6-15(7-9(2)18-8)12-4-3-10(14)5-11(12)13(16)17/h3-5,8-9H,6-7,14H2,1-2H3,(H,16,17)/p-1/t8-,9-/m1/s1. The number of anilines is 2. The van der Waals surface area contributed by atoms with Crippen molar-refractivity contribution in [3.05, 3.63) is 23.8 Å². The van der Waals surface area contributed by atoms with Gasteiger partial charge in [0.25, 0.3) is 0 Å². The Bertz CT molecular complexity index is 452. The number of nitrogen functional groups attached to an aromatic ring is 1. The molecular formula is C13H17N2O3-. The lowest BCUT2D eigenvalue weighted by Gasteiger charge is -2.38. The number of morpholine rings is 1. The second-order valence-corrected chi connectivity index (χ2v) is 4.73. The average Bonchev–Trinajstić information content (AvgIpc) is 2.27. The van der Waals surface area contributed by atoms with E-state index in [1.165, 1.54) is 6.07 Å². The molecule has 98 valence electrons. The molecule has 2 atom stereocenters. The predicted molar refractivity (Wildman–Crippen MR) is 67.4 cm³/mol. The first kappa shape index (κ1) is 12.7. The van der Waals surface area contributed by atoms with Crippen molar-refractivity contribution in [1.82, 2.24) is 0 Å². The van der Waals surface area contributed by atoms with Gasteiger partial charge in [-0.05, 0) is 32.0 Å². The molecule has 0 amide bonds. The number of carbonyl (C=O) groups excluding carboxylic acids is 1. The van der Waals surface area contributed by atoms with Crippen molar-refractivity contribution in [3.63, 3.8) is 0 Å². The fourth-order valence-electron chi connectivity index (χ4n) is 2.37. The molecule has 18 heavy (non-hydrogen) atoms. The van der Waals surface area contributed by atoms with Crippen molar-refractivity contribution >= 4 is 17.3 Å². The molecule has 1 aromatic carbocycles. The van der Waals surface area contributed by atoms with Crippen molar-refractivity contribution in [2.75, 3.05) is 23.7 Å². The summed E-state index contributed by atoms with van der Waals surface area (Å²) in [6.45, 7) is 5.26. The van der Waals surface area contributed by atoms with Gasteiger partial charge < -0.3 is 25.3 Å². The van der Waals surface area contributed by atoms with Crippen molar-refractivity contribution in [2.24, 2.45) is 0 Å².